The summed E-state index contributed by atoms with van der Waals surface area (Å²) in [5, 5.41) is 5.80. The lowest BCUT2D eigenvalue weighted by Crippen LogP contribution is -2.14. The molecule has 0 saturated carbocycles. The number of carbonyl (C=O) groups is 2. The molecule has 0 bridgehead atoms. The third-order valence-electron chi connectivity index (χ3n) is 3.03. The number of aryl methyl sites for hydroxylation is 1. The van der Waals surface area contributed by atoms with Gasteiger partial charge < -0.3 is 16.4 Å². The van der Waals surface area contributed by atoms with E-state index in [1.807, 2.05) is 6.92 Å². The molecule has 22 heavy (non-hydrogen) atoms. The van der Waals surface area contributed by atoms with E-state index in [0.29, 0.717) is 27.6 Å². The average Bonchev–Trinajstić information content (AvgIpc) is 2.43. The van der Waals surface area contributed by atoms with Crippen molar-refractivity contribution in [3.05, 3.63) is 52.5 Å². The van der Waals surface area contributed by atoms with E-state index in [1.54, 1.807) is 30.3 Å². The second-order valence-electron chi connectivity index (χ2n) is 4.90. The second-order valence-corrected chi connectivity index (χ2v) is 5.31. The summed E-state index contributed by atoms with van der Waals surface area (Å²) in [6.45, 7) is 3.27. The van der Waals surface area contributed by atoms with Gasteiger partial charge in [0.25, 0.3) is 5.91 Å². The van der Waals surface area contributed by atoms with Gasteiger partial charge in [-0.25, -0.2) is 0 Å². The number of hydrogen-bond donors (Lipinski definition) is 3. The highest BCUT2D eigenvalue weighted by molar-refractivity contribution is 6.34. The topological polar surface area (TPSA) is 84.2 Å². The van der Waals surface area contributed by atoms with E-state index in [-0.39, 0.29) is 11.8 Å². The Labute approximate surface area is 133 Å². The largest absolute Gasteiger partial charge is 0.399 e. The van der Waals surface area contributed by atoms with E-state index in [4.69, 9.17) is 17.3 Å². The molecule has 6 heteroatoms. The van der Waals surface area contributed by atoms with Gasteiger partial charge >= 0.3 is 0 Å². The zero-order chi connectivity index (χ0) is 16.3. The number of halogens is 1. The zero-order valence-corrected chi connectivity index (χ0v) is 13.0. The molecule has 2 rings (SSSR count). The summed E-state index contributed by atoms with van der Waals surface area (Å²) < 4.78 is 0. The van der Waals surface area contributed by atoms with Crippen LogP contribution in [-0.2, 0) is 4.79 Å². The Bertz CT molecular complexity index is 744. The molecule has 0 fully saturated rings. The quantitative estimate of drug-likeness (QED) is 0.758. The van der Waals surface area contributed by atoms with Crippen LogP contribution in [0.4, 0.5) is 17.1 Å². The summed E-state index contributed by atoms with van der Waals surface area (Å²) in [7, 11) is 0. The number of carbonyl (C=O) groups excluding carboxylic acids is 2. The number of nitrogen functional groups attached to an aromatic ring is 1. The molecule has 0 aliphatic heterocycles. The number of anilines is 3. The van der Waals surface area contributed by atoms with Crippen molar-refractivity contribution < 1.29 is 9.59 Å². The molecule has 0 saturated heterocycles. The van der Waals surface area contributed by atoms with E-state index < -0.39 is 0 Å². The molecule has 0 atom stereocenters. The van der Waals surface area contributed by atoms with E-state index in [0.717, 1.165) is 5.56 Å². The second kappa shape index (κ2) is 6.49. The van der Waals surface area contributed by atoms with Crippen molar-refractivity contribution >= 4 is 40.5 Å². The average molecular weight is 318 g/mol. The molecule has 4 N–H and O–H groups in total. The van der Waals surface area contributed by atoms with E-state index in [2.05, 4.69) is 10.6 Å². The van der Waals surface area contributed by atoms with Crippen LogP contribution in [0, 0.1) is 6.92 Å². The Kier molecular flexibility index (Phi) is 4.68. The molecule has 0 aromatic heterocycles. The fourth-order valence-electron chi connectivity index (χ4n) is 1.99. The highest BCUT2D eigenvalue weighted by atomic mass is 35.5. The molecule has 2 amide bonds. The van der Waals surface area contributed by atoms with Crippen molar-refractivity contribution in [2.75, 3.05) is 16.4 Å². The predicted octanol–water partition coefficient (Wildman–Crippen LogP) is 3.44. The summed E-state index contributed by atoms with van der Waals surface area (Å²) in [5.74, 6) is -0.490. The summed E-state index contributed by atoms with van der Waals surface area (Å²) in [5.41, 5.74) is 8.58. The van der Waals surface area contributed by atoms with Gasteiger partial charge in [0.1, 0.15) is 0 Å². The van der Waals surface area contributed by atoms with Gasteiger partial charge in [0.15, 0.2) is 0 Å². The van der Waals surface area contributed by atoms with E-state index in [1.165, 1.54) is 13.0 Å². The first kappa shape index (κ1) is 15.9. The Morgan fingerprint density at radius 3 is 2.45 bits per heavy atom. The smallest absolute Gasteiger partial charge is 0.257 e. The lowest BCUT2D eigenvalue weighted by Gasteiger charge is -2.11. The maximum atomic E-state index is 12.3. The van der Waals surface area contributed by atoms with Crippen LogP contribution in [0.25, 0.3) is 0 Å². The predicted molar refractivity (Wildman–Crippen MR) is 89.3 cm³/mol. The first-order valence-electron chi connectivity index (χ1n) is 6.61. The van der Waals surface area contributed by atoms with Crippen LogP contribution in [0.1, 0.15) is 22.8 Å². The van der Waals surface area contributed by atoms with Gasteiger partial charge in [0.2, 0.25) is 5.91 Å². The first-order chi connectivity index (χ1) is 10.4. The molecule has 0 aliphatic carbocycles. The maximum absolute atomic E-state index is 12.3. The van der Waals surface area contributed by atoms with Crippen LogP contribution in [0.15, 0.2) is 36.4 Å². The van der Waals surface area contributed by atoms with Gasteiger partial charge in [0, 0.05) is 24.0 Å². The van der Waals surface area contributed by atoms with Gasteiger partial charge in [-0.05, 0) is 48.9 Å². The van der Waals surface area contributed by atoms with Crippen LogP contribution in [0.2, 0.25) is 5.02 Å². The zero-order valence-electron chi connectivity index (χ0n) is 12.2. The van der Waals surface area contributed by atoms with Crippen LogP contribution in [0.3, 0.4) is 0 Å². The van der Waals surface area contributed by atoms with Crippen molar-refractivity contribution in [2.24, 2.45) is 0 Å². The SMILES string of the molecule is CC(=O)Nc1ccc(NC(=O)c2cc(N)ccc2Cl)c(C)c1. The Hall–Kier alpha value is -2.53. The maximum Gasteiger partial charge on any atom is 0.257 e. The minimum absolute atomic E-state index is 0.150. The fraction of sp³-hybridized carbons (Fsp3) is 0.125. The highest BCUT2D eigenvalue weighted by Crippen LogP contribution is 2.23. The number of benzene rings is 2. The molecule has 0 aliphatic rings. The van der Waals surface area contributed by atoms with Crippen LogP contribution in [-0.4, -0.2) is 11.8 Å². The molecule has 0 unspecified atom stereocenters. The third kappa shape index (κ3) is 3.77. The van der Waals surface area contributed by atoms with Crippen LogP contribution >= 0.6 is 11.6 Å². The number of rotatable bonds is 3. The molecule has 114 valence electrons. The minimum atomic E-state index is -0.340. The van der Waals surface area contributed by atoms with Crippen LogP contribution < -0.4 is 16.4 Å². The number of hydrogen-bond acceptors (Lipinski definition) is 3. The van der Waals surface area contributed by atoms with Crippen molar-refractivity contribution in [1.29, 1.82) is 0 Å². The van der Waals surface area contributed by atoms with Crippen molar-refractivity contribution in [1.82, 2.24) is 0 Å². The van der Waals surface area contributed by atoms with Gasteiger partial charge in [0.05, 0.1) is 10.6 Å². The molecular formula is C16H16ClN3O2. The molecule has 0 radical (unpaired) electrons. The lowest BCUT2D eigenvalue weighted by atomic mass is 10.1. The first-order valence-corrected chi connectivity index (χ1v) is 6.99. The van der Waals surface area contributed by atoms with Gasteiger partial charge in [-0.2, -0.15) is 0 Å². The summed E-state index contributed by atoms with van der Waals surface area (Å²) in [4.78, 5) is 23.3. The standard InChI is InChI=1S/C16H16ClN3O2/c1-9-7-12(19-10(2)21)4-6-15(9)20-16(22)13-8-11(18)3-5-14(13)17/h3-8H,18H2,1-2H3,(H,19,21)(H,20,22). The summed E-state index contributed by atoms with van der Waals surface area (Å²) in [6, 6.07) is 9.95. The molecule has 0 spiro atoms. The molecular weight excluding hydrogens is 302 g/mol. The summed E-state index contributed by atoms with van der Waals surface area (Å²) >= 11 is 6.02. The molecule has 2 aromatic rings. The fourth-order valence-corrected chi connectivity index (χ4v) is 2.19. The van der Waals surface area contributed by atoms with Gasteiger partial charge in [-0.15, -0.1) is 0 Å². The van der Waals surface area contributed by atoms with E-state index >= 15 is 0 Å². The van der Waals surface area contributed by atoms with Crippen molar-refractivity contribution in [2.45, 2.75) is 13.8 Å². The molecule has 2 aromatic carbocycles. The normalized spacial score (nSPS) is 10.1. The lowest BCUT2D eigenvalue weighted by molar-refractivity contribution is -0.114. The minimum Gasteiger partial charge on any atom is -0.399 e. The van der Waals surface area contributed by atoms with E-state index in [9.17, 15) is 9.59 Å². The Morgan fingerprint density at radius 2 is 1.82 bits per heavy atom. The number of nitrogens with two attached hydrogens (primary N) is 1. The summed E-state index contributed by atoms with van der Waals surface area (Å²) in [6.07, 6.45) is 0. The van der Waals surface area contributed by atoms with Gasteiger partial charge in [-0.3, -0.25) is 9.59 Å². The van der Waals surface area contributed by atoms with Gasteiger partial charge in [-0.1, -0.05) is 11.6 Å². The third-order valence-corrected chi connectivity index (χ3v) is 3.36. The van der Waals surface area contributed by atoms with Crippen LogP contribution in [0.5, 0.6) is 0 Å². The monoisotopic (exact) mass is 317 g/mol. The number of amides is 2. The molecule has 5 nitrogen and oxygen atoms in total. The highest BCUT2D eigenvalue weighted by Gasteiger charge is 2.12. The molecule has 0 heterocycles. The van der Waals surface area contributed by atoms with Crippen molar-refractivity contribution in [3.8, 4) is 0 Å². The number of nitrogens with one attached hydrogen (secondary N) is 2. The van der Waals surface area contributed by atoms with Crippen molar-refractivity contribution in [3.63, 3.8) is 0 Å². The Morgan fingerprint density at radius 1 is 1.09 bits per heavy atom. The Balaban J connectivity index is 2.21.